The van der Waals surface area contributed by atoms with E-state index in [0.717, 1.165) is 38.5 Å². The van der Waals surface area contributed by atoms with Gasteiger partial charge < -0.3 is 25.2 Å². The molecular weight excluding hydrogens is 794 g/mol. The lowest BCUT2D eigenvalue weighted by atomic mass is 10.0. The lowest BCUT2D eigenvalue weighted by Crippen LogP contribution is -2.43. The summed E-state index contributed by atoms with van der Waals surface area (Å²) >= 11 is 0. The highest BCUT2D eigenvalue weighted by Gasteiger charge is 2.28. The van der Waals surface area contributed by atoms with Gasteiger partial charge in [-0.15, -0.1) is 0 Å². The molecule has 0 radical (unpaired) electrons. The second kappa shape index (κ2) is 45.1. The van der Waals surface area contributed by atoms with Crippen molar-refractivity contribution < 1.29 is 47.8 Å². The first kappa shape index (κ1) is 59.5. The average Bonchev–Trinajstić information content (AvgIpc) is 3.24. The van der Waals surface area contributed by atoms with E-state index in [-0.39, 0.29) is 12.8 Å². The molecule has 0 aliphatic carbocycles. The van der Waals surface area contributed by atoms with Gasteiger partial charge in [0, 0.05) is 12.8 Å². The van der Waals surface area contributed by atoms with E-state index < -0.39 is 57.6 Å². The van der Waals surface area contributed by atoms with Crippen molar-refractivity contribution in [1.82, 2.24) is 5.32 Å². The van der Waals surface area contributed by atoms with Gasteiger partial charge in [-0.3, -0.25) is 18.6 Å². The zero-order valence-corrected chi connectivity index (χ0v) is 40.4. The quantitative estimate of drug-likeness (QED) is 0.0262. The molecule has 0 aromatic heterocycles. The van der Waals surface area contributed by atoms with Crippen LogP contribution in [-0.4, -0.2) is 64.9 Å². The fourth-order valence-corrected chi connectivity index (χ4v) is 8.44. The van der Waals surface area contributed by atoms with Gasteiger partial charge in [-0.25, -0.2) is 9.36 Å². The Kier molecular flexibility index (Phi) is 43.9. The predicted octanol–water partition coefficient (Wildman–Crippen LogP) is 13.8. The smallest absolute Gasteiger partial charge is 0.472 e. The molecule has 0 rings (SSSR count). The zero-order valence-electron chi connectivity index (χ0n) is 39.5. The summed E-state index contributed by atoms with van der Waals surface area (Å²) in [6, 6.07) is -1.54. The lowest BCUT2D eigenvalue weighted by molar-refractivity contribution is -0.147. The molecule has 61 heavy (non-hydrogen) atoms. The van der Waals surface area contributed by atoms with Crippen LogP contribution >= 0.6 is 7.82 Å². The molecule has 0 saturated heterocycles. The summed E-state index contributed by atoms with van der Waals surface area (Å²) in [4.78, 5) is 46.1. The number of carbonyl (C=O) groups excluding carboxylic acids is 2. The van der Waals surface area contributed by atoms with Crippen molar-refractivity contribution >= 4 is 25.7 Å². The van der Waals surface area contributed by atoms with Gasteiger partial charge in [0.25, 0.3) is 0 Å². The highest BCUT2D eigenvalue weighted by atomic mass is 31.2. The molecule has 1 amide bonds. The summed E-state index contributed by atoms with van der Waals surface area (Å²) in [7, 11) is -4.75. The van der Waals surface area contributed by atoms with Crippen LogP contribution in [0, 0.1) is 0 Å². The van der Waals surface area contributed by atoms with Gasteiger partial charge in [0.1, 0.15) is 12.7 Å². The number of carboxylic acid groups (broad SMARTS) is 1. The van der Waals surface area contributed by atoms with Gasteiger partial charge in [0.05, 0.1) is 13.2 Å². The third-order valence-corrected chi connectivity index (χ3v) is 12.6. The van der Waals surface area contributed by atoms with Gasteiger partial charge in [0.2, 0.25) is 5.91 Å². The SMILES string of the molecule is CCCCCCCCCCCCCCCCCCCCCCC(=O)OCC(O)COP(=O)(O)OCC(NC(=O)CCCCCCCCCCCCCCCCCCC)C(=O)O. The van der Waals surface area contributed by atoms with Crippen molar-refractivity contribution in [2.45, 2.75) is 276 Å². The number of hydrogen-bond acceptors (Lipinski definition) is 8. The van der Waals surface area contributed by atoms with Crippen LogP contribution in [0.2, 0.25) is 0 Å². The van der Waals surface area contributed by atoms with Crippen LogP contribution in [0.3, 0.4) is 0 Å². The number of aliphatic hydroxyl groups excluding tert-OH is 1. The lowest BCUT2D eigenvalue weighted by Gasteiger charge is -2.18. The molecule has 0 bridgehead atoms. The molecule has 0 saturated carbocycles. The number of unbranched alkanes of at least 4 members (excludes halogenated alkanes) is 35. The Morgan fingerprint density at radius 2 is 0.754 bits per heavy atom. The van der Waals surface area contributed by atoms with Crippen molar-refractivity contribution in [3.8, 4) is 0 Å². The second-order valence-corrected chi connectivity index (χ2v) is 19.2. The largest absolute Gasteiger partial charge is 0.480 e. The minimum atomic E-state index is -4.75. The molecule has 0 spiro atoms. The maximum Gasteiger partial charge on any atom is 0.472 e. The van der Waals surface area contributed by atoms with Crippen molar-refractivity contribution in [1.29, 1.82) is 0 Å². The molecule has 0 aromatic rings. The number of esters is 1. The van der Waals surface area contributed by atoms with E-state index >= 15 is 0 Å². The number of nitrogens with one attached hydrogen (secondary N) is 1. The minimum Gasteiger partial charge on any atom is -0.480 e. The van der Waals surface area contributed by atoms with Crippen LogP contribution < -0.4 is 5.32 Å². The Balaban J connectivity index is 3.78. The van der Waals surface area contributed by atoms with Crippen LogP contribution in [0.4, 0.5) is 0 Å². The third kappa shape index (κ3) is 44.9. The van der Waals surface area contributed by atoms with Crippen molar-refractivity contribution in [2.24, 2.45) is 0 Å². The number of ether oxygens (including phenoxy) is 1. The molecule has 0 aliphatic heterocycles. The van der Waals surface area contributed by atoms with Crippen molar-refractivity contribution in [3.05, 3.63) is 0 Å². The Hall–Kier alpha value is -1.52. The summed E-state index contributed by atoms with van der Waals surface area (Å²) in [5.41, 5.74) is 0. The van der Waals surface area contributed by atoms with Crippen LogP contribution in [0.1, 0.15) is 264 Å². The van der Waals surface area contributed by atoms with Gasteiger partial charge in [-0.2, -0.15) is 0 Å². The number of aliphatic hydroxyl groups is 1. The molecule has 362 valence electrons. The number of aliphatic carboxylic acids is 1. The molecule has 0 fully saturated rings. The first-order valence-electron chi connectivity index (χ1n) is 25.6. The van der Waals surface area contributed by atoms with Gasteiger partial charge in [-0.05, 0) is 12.8 Å². The number of phosphoric ester groups is 1. The number of amides is 1. The molecule has 0 heterocycles. The normalized spacial score (nSPS) is 13.5. The first-order chi connectivity index (χ1) is 29.6. The second-order valence-electron chi connectivity index (χ2n) is 17.7. The minimum absolute atomic E-state index is 0.153. The maximum atomic E-state index is 12.3. The van der Waals surface area contributed by atoms with Gasteiger partial charge in [0.15, 0.2) is 6.04 Å². The monoisotopic (exact) mass is 890 g/mol. The summed E-state index contributed by atoms with van der Waals surface area (Å²) in [5, 5.41) is 21.9. The summed E-state index contributed by atoms with van der Waals surface area (Å²) < 4.78 is 26.9. The van der Waals surface area contributed by atoms with Crippen LogP contribution in [-0.2, 0) is 32.7 Å². The molecule has 11 nitrogen and oxygen atoms in total. The van der Waals surface area contributed by atoms with E-state index in [4.69, 9.17) is 13.8 Å². The molecular formula is C49H96NO10P. The highest BCUT2D eigenvalue weighted by Crippen LogP contribution is 2.43. The number of phosphoric acid groups is 1. The molecule has 12 heteroatoms. The standard InChI is InChI=1S/C49H96NO10P/c1-3-5-7-9-11-13-15-17-19-21-22-23-25-27-29-31-33-35-37-39-41-48(53)58-42-45(51)43-59-61(56,57)60-44-46(49(54)55)50-47(52)40-38-36-34-32-30-28-26-24-20-18-16-14-12-10-8-6-4-2/h45-46,51H,3-44H2,1-2H3,(H,50,52)(H,54,55)(H,56,57). The van der Waals surface area contributed by atoms with E-state index in [2.05, 4.69) is 19.2 Å². The Morgan fingerprint density at radius 3 is 1.08 bits per heavy atom. The Bertz CT molecular complexity index is 1050. The average molecular weight is 890 g/mol. The summed E-state index contributed by atoms with van der Waals surface area (Å²) in [6.07, 6.45) is 45.5. The van der Waals surface area contributed by atoms with Crippen molar-refractivity contribution in [3.63, 3.8) is 0 Å². The maximum absolute atomic E-state index is 12.3. The number of rotatable bonds is 49. The fourth-order valence-electron chi connectivity index (χ4n) is 7.67. The van der Waals surface area contributed by atoms with E-state index in [9.17, 15) is 34.1 Å². The zero-order chi connectivity index (χ0) is 44.9. The summed E-state index contributed by atoms with van der Waals surface area (Å²) in [5.74, 6) is -2.35. The summed E-state index contributed by atoms with van der Waals surface area (Å²) in [6.45, 7) is 2.66. The van der Waals surface area contributed by atoms with E-state index in [1.54, 1.807) is 0 Å². The van der Waals surface area contributed by atoms with Crippen LogP contribution in [0.15, 0.2) is 0 Å². The van der Waals surface area contributed by atoms with E-state index in [1.807, 2.05) is 0 Å². The Labute approximate surface area is 374 Å². The van der Waals surface area contributed by atoms with Crippen LogP contribution in [0.5, 0.6) is 0 Å². The highest BCUT2D eigenvalue weighted by molar-refractivity contribution is 7.47. The Morgan fingerprint density at radius 1 is 0.459 bits per heavy atom. The predicted molar refractivity (Wildman–Crippen MR) is 250 cm³/mol. The van der Waals surface area contributed by atoms with E-state index in [0.29, 0.717) is 12.8 Å². The molecule has 0 aliphatic rings. The topological polar surface area (TPSA) is 169 Å². The van der Waals surface area contributed by atoms with Gasteiger partial charge >= 0.3 is 19.8 Å². The molecule has 4 N–H and O–H groups in total. The molecule has 3 unspecified atom stereocenters. The van der Waals surface area contributed by atoms with Crippen molar-refractivity contribution in [2.75, 3.05) is 19.8 Å². The van der Waals surface area contributed by atoms with E-state index in [1.165, 1.54) is 186 Å². The number of hydrogen-bond donors (Lipinski definition) is 4. The van der Waals surface area contributed by atoms with Gasteiger partial charge in [-0.1, -0.05) is 239 Å². The third-order valence-electron chi connectivity index (χ3n) is 11.6. The molecule has 0 aromatic carbocycles. The number of carbonyl (C=O) groups is 3. The first-order valence-corrected chi connectivity index (χ1v) is 27.1. The fraction of sp³-hybridized carbons (Fsp3) is 0.939. The molecule has 3 atom stereocenters. The van der Waals surface area contributed by atoms with Crippen LogP contribution in [0.25, 0.3) is 0 Å². The number of carboxylic acids is 1.